The van der Waals surface area contributed by atoms with Crippen molar-refractivity contribution < 1.29 is 19.1 Å². The van der Waals surface area contributed by atoms with E-state index >= 15 is 0 Å². The lowest BCUT2D eigenvalue weighted by atomic mass is 9.85. The highest BCUT2D eigenvalue weighted by molar-refractivity contribution is 5.89. The average molecular weight is 240 g/mol. The molecule has 6 heteroatoms. The maximum Gasteiger partial charge on any atom is 0.303 e. The number of aliphatic carboxylic acids is 1. The highest BCUT2D eigenvalue weighted by Gasteiger charge is 2.25. The van der Waals surface area contributed by atoms with Crippen LogP contribution in [-0.2, 0) is 9.59 Å². The Morgan fingerprint density at radius 2 is 2.12 bits per heavy atom. The molecule has 0 bridgehead atoms. The highest BCUT2D eigenvalue weighted by atomic mass is 16.4. The van der Waals surface area contributed by atoms with Crippen molar-refractivity contribution in [2.45, 2.75) is 33.6 Å². The predicted molar refractivity (Wildman–Crippen MR) is 60.5 cm³/mol. The van der Waals surface area contributed by atoms with Crippen molar-refractivity contribution in [3.05, 3.63) is 12.0 Å². The molecule has 1 heterocycles. The van der Waals surface area contributed by atoms with Gasteiger partial charge in [0.05, 0.1) is 12.1 Å². The topological polar surface area (TPSA) is 92.4 Å². The first-order valence-corrected chi connectivity index (χ1v) is 5.22. The van der Waals surface area contributed by atoms with Gasteiger partial charge < -0.3 is 9.52 Å². The van der Waals surface area contributed by atoms with Crippen molar-refractivity contribution in [3.63, 3.8) is 0 Å². The summed E-state index contributed by atoms with van der Waals surface area (Å²) in [7, 11) is 0. The molecule has 0 aliphatic rings. The summed E-state index contributed by atoms with van der Waals surface area (Å²) >= 11 is 0. The molecule has 6 nitrogen and oxygen atoms in total. The monoisotopic (exact) mass is 240 g/mol. The number of rotatable bonds is 5. The lowest BCUT2D eigenvalue weighted by molar-refractivity contribution is -0.139. The van der Waals surface area contributed by atoms with E-state index in [0.29, 0.717) is 5.69 Å². The van der Waals surface area contributed by atoms with E-state index in [1.807, 2.05) is 0 Å². The van der Waals surface area contributed by atoms with E-state index in [1.54, 1.807) is 20.8 Å². The number of hydrogen-bond acceptors (Lipinski definition) is 4. The summed E-state index contributed by atoms with van der Waals surface area (Å²) in [5, 5.41) is 11.2. The van der Waals surface area contributed by atoms with Gasteiger partial charge in [0.1, 0.15) is 6.26 Å². The number of aromatic nitrogens is 1. The lowest BCUT2D eigenvalue weighted by Gasteiger charge is -2.20. The van der Waals surface area contributed by atoms with Crippen molar-refractivity contribution in [2.24, 2.45) is 5.41 Å². The van der Waals surface area contributed by atoms with Crippen LogP contribution in [0.25, 0.3) is 0 Å². The normalized spacial score (nSPS) is 11.2. The van der Waals surface area contributed by atoms with E-state index in [4.69, 9.17) is 9.52 Å². The van der Waals surface area contributed by atoms with E-state index in [-0.39, 0.29) is 24.8 Å². The van der Waals surface area contributed by atoms with Crippen LogP contribution >= 0.6 is 0 Å². The number of nitrogens with zero attached hydrogens (tertiary/aromatic N) is 1. The second-order valence-electron chi connectivity index (χ2n) is 4.75. The molecular formula is C11H16N2O4. The van der Waals surface area contributed by atoms with Crippen LogP contribution in [0, 0.1) is 12.3 Å². The minimum atomic E-state index is -0.922. The van der Waals surface area contributed by atoms with Crippen LogP contribution in [0.5, 0.6) is 0 Å². The third-order valence-electron chi connectivity index (χ3n) is 2.13. The number of nitrogens with one attached hydrogen (secondary N) is 1. The van der Waals surface area contributed by atoms with E-state index in [1.165, 1.54) is 6.26 Å². The van der Waals surface area contributed by atoms with Gasteiger partial charge in [0.2, 0.25) is 5.91 Å². The largest absolute Gasteiger partial charge is 0.481 e. The molecule has 17 heavy (non-hydrogen) atoms. The predicted octanol–water partition coefficient (Wildman–Crippen LogP) is 1.81. The Kier molecular flexibility index (Phi) is 3.88. The number of oxazole rings is 1. The van der Waals surface area contributed by atoms with Crippen LogP contribution in [0.15, 0.2) is 10.7 Å². The molecule has 0 fully saturated rings. The van der Waals surface area contributed by atoms with Gasteiger partial charge in [0.15, 0.2) is 0 Å². The van der Waals surface area contributed by atoms with Gasteiger partial charge in [-0.2, -0.15) is 4.98 Å². The molecule has 0 aromatic carbocycles. The smallest absolute Gasteiger partial charge is 0.303 e. The van der Waals surface area contributed by atoms with Gasteiger partial charge in [-0.05, 0) is 12.3 Å². The first kappa shape index (κ1) is 13.2. The summed E-state index contributed by atoms with van der Waals surface area (Å²) in [4.78, 5) is 26.1. The van der Waals surface area contributed by atoms with Gasteiger partial charge in [-0.3, -0.25) is 14.9 Å². The molecule has 0 saturated carbocycles. The molecule has 1 rings (SSSR count). The van der Waals surface area contributed by atoms with Gasteiger partial charge in [0.25, 0.3) is 0 Å². The minimum Gasteiger partial charge on any atom is -0.481 e. The molecule has 1 aromatic rings. The number of carboxylic acid groups (broad SMARTS) is 1. The molecule has 0 saturated heterocycles. The Morgan fingerprint density at radius 3 is 2.59 bits per heavy atom. The van der Waals surface area contributed by atoms with Gasteiger partial charge >= 0.3 is 12.0 Å². The first-order valence-electron chi connectivity index (χ1n) is 5.22. The second-order valence-corrected chi connectivity index (χ2v) is 4.75. The Morgan fingerprint density at radius 1 is 1.47 bits per heavy atom. The fourth-order valence-electron chi connectivity index (χ4n) is 1.48. The Bertz CT molecular complexity index is 423. The maximum absolute atomic E-state index is 11.6. The standard InChI is InChI=1S/C11H16N2O4/c1-7-6-17-10(12-7)13-8(14)4-11(2,3)5-9(15)16/h6H,4-5H2,1-3H3,(H,15,16)(H,12,13,14). The number of aryl methyl sites for hydroxylation is 1. The second kappa shape index (κ2) is 4.99. The number of carboxylic acids is 1. The van der Waals surface area contributed by atoms with Gasteiger partial charge in [-0.25, -0.2) is 0 Å². The molecule has 0 spiro atoms. The quantitative estimate of drug-likeness (QED) is 0.818. The van der Waals surface area contributed by atoms with Crippen LogP contribution in [-0.4, -0.2) is 22.0 Å². The van der Waals surface area contributed by atoms with Crippen molar-refractivity contribution in [1.82, 2.24) is 4.98 Å². The fourth-order valence-corrected chi connectivity index (χ4v) is 1.48. The van der Waals surface area contributed by atoms with Crippen LogP contribution in [0.2, 0.25) is 0 Å². The lowest BCUT2D eigenvalue weighted by Crippen LogP contribution is -2.24. The molecule has 0 aliphatic heterocycles. The SMILES string of the molecule is Cc1coc(NC(=O)CC(C)(C)CC(=O)O)n1. The molecule has 1 amide bonds. The van der Waals surface area contributed by atoms with E-state index in [2.05, 4.69) is 10.3 Å². The zero-order valence-corrected chi connectivity index (χ0v) is 10.1. The zero-order valence-electron chi connectivity index (χ0n) is 10.1. The third kappa shape index (κ3) is 4.67. The highest BCUT2D eigenvalue weighted by Crippen LogP contribution is 2.25. The van der Waals surface area contributed by atoms with Crippen molar-refractivity contribution in [1.29, 1.82) is 0 Å². The van der Waals surface area contributed by atoms with Gasteiger partial charge in [0, 0.05) is 6.42 Å². The Hall–Kier alpha value is -1.85. The van der Waals surface area contributed by atoms with Crippen LogP contribution in [0.4, 0.5) is 6.01 Å². The molecule has 94 valence electrons. The number of amides is 1. The minimum absolute atomic E-state index is 0.0645. The van der Waals surface area contributed by atoms with Gasteiger partial charge in [-0.15, -0.1) is 0 Å². The number of carbonyl (C=O) groups excluding carboxylic acids is 1. The summed E-state index contributed by atoms with van der Waals surface area (Å²) in [6, 6.07) is 0.138. The summed E-state index contributed by atoms with van der Waals surface area (Å²) in [6.07, 6.45) is 1.46. The molecule has 0 unspecified atom stereocenters. The molecular weight excluding hydrogens is 224 g/mol. The first-order chi connectivity index (χ1) is 7.78. The van der Waals surface area contributed by atoms with Crippen LogP contribution in [0.1, 0.15) is 32.4 Å². The number of carbonyl (C=O) groups is 2. The van der Waals surface area contributed by atoms with Crippen molar-refractivity contribution >= 4 is 17.9 Å². The van der Waals surface area contributed by atoms with E-state index in [9.17, 15) is 9.59 Å². The summed E-state index contributed by atoms with van der Waals surface area (Å²) < 4.78 is 4.97. The fraction of sp³-hybridized carbons (Fsp3) is 0.545. The maximum atomic E-state index is 11.6. The van der Waals surface area contributed by atoms with Crippen molar-refractivity contribution in [2.75, 3.05) is 5.32 Å². The summed E-state index contributed by atoms with van der Waals surface area (Å²) in [5.74, 6) is -1.23. The third-order valence-corrected chi connectivity index (χ3v) is 2.13. The molecule has 1 aromatic heterocycles. The Balaban J connectivity index is 2.52. The summed E-state index contributed by atoms with van der Waals surface area (Å²) in [6.45, 7) is 5.19. The van der Waals surface area contributed by atoms with Crippen LogP contribution < -0.4 is 5.32 Å². The molecule has 0 aliphatic carbocycles. The number of anilines is 1. The summed E-state index contributed by atoms with van der Waals surface area (Å²) in [5.41, 5.74) is 0.0717. The van der Waals surface area contributed by atoms with Gasteiger partial charge in [-0.1, -0.05) is 13.8 Å². The molecule has 0 atom stereocenters. The molecule has 2 N–H and O–H groups in total. The zero-order chi connectivity index (χ0) is 13.1. The van der Waals surface area contributed by atoms with Crippen molar-refractivity contribution in [3.8, 4) is 0 Å². The van der Waals surface area contributed by atoms with E-state index < -0.39 is 11.4 Å². The molecule has 0 radical (unpaired) electrons. The average Bonchev–Trinajstić information content (AvgIpc) is 2.46. The van der Waals surface area contributed by atoms with E-state index in [0.717, 1.165) is 0 Å². The number of hydrogen-bond donors (Lipinski definition) is 2. The van der Waals surface area contributed by atoms with Crippen LogP contribution in [0.3, 0.4) is 0 Å². The Labute approximate surface area is 99.0 Å².